The fourth-order valence-corrected chi connectivity index (χ4v) is 0.908. The van der Waals surface area contributed by atoms with Gasteiger partial charge in [0, 0.05) is 12.7 Å². The monoisotopic (exact) mass is 203 g/mol. The first kappa shape index (κ1) is 12.0. The molecular weight excluding hydrogens is 190 g/mol. The molecule has 0 saturated carbocycles. The number of esters is 1. The standard InChI is InChI=1S/C8H13NO3S/c1-5(2)12-8(11)7(4-13)9-6(3)10/h7,13H,1,4H2,2-3H3,(H,9,10)/t7-/m0/s1. The van der Waals surface area contributed by atoms with Gasteiger partial charge in [0.1, 0.15) is 6.04 Å². The summed E-state index contributed by atoms with van der Waals surface area (Å²) in [5.74, 6) is -0.344. The van der Waals surface area contributed by atoms with Crippen molar-refractivity contribution < 1.29 is 14.3 Å². The van der Waals surface area contributed by atoms with Gasteiger partial charge in [0.15, 0.2) is 0 Å². The van der Waals surface area contributed by atoms with Gasteiger partial charge in [-0.1, -0.05) is 6.58 Å². The molecular formula is C8H13NO3S. The maximum absolute atomic E-state index is 11.2. The van der Waals surface area contributed by atoms with Gasteiger partial charge in [-0.3, -0.25) is 4.79 Å². The number of amides is 1. The summed E-state index contributed by atoms with van der Waals surface area (Å²) in [6, 6.07) is -0.711. The van der Waals surface area contributed by atoms with E-state index in [1.807, 2.05) is 0 Å². The summed E-state index contributed by atoms with van der Waals surface area (Å²) in [4.78, 5) is 21.8. The first-order chi connectivity index (χ1) is 5.97. The molecule has 0 heterocycles. The van der Waals surface area contributed by atoms with E-state index in [4.69, 9.17) is 4.74 Å². The third kappa shape index (κ3) is 5.30. The van der Waals surface area contributed by atoms with E-state index >= 15 is 0 Å². The molecule has 0 aromatic heterocycles. The van der Waals surface area contributed by atoms with Crippen LogP contribution >= 0.6 is 12.6 Å². The molecule has 0 aliphatic carbocycles. The second-order valence-corrected chi connectivity index (χ2v) is 2.92. The molecule has 0 radical (unpaired) electrons. The Bertz CT molecular complexity index is 227. The minimum atomic E-state index is -0.711. The Morgan fingerprint density at radius 3 is 2.38 bits per heavy atom. The first-order valence-electron chi connectivity index (χ1n) is 3.72. The first-order valence-corrected chi connectivity index (χ1v) is 4.35. The highest BCUT2D eigenvalue weighted by Gasteiger charge is 2.19. The molecule has 1 N–H and O–H groups in total. The molecule has 0 spiro atoms. The topological polar surface area (TPSA) is 55.4 Å². The van der Waals surface area contributed by atoms with Crippen LogP contribution < -0.4 is 5.32 Å². The van der Waals surface area contributed by atoms with Crippen LogP contribution in [0.4, 0.5) is 0 Å². The lowest BCUT2D eigenvalue weighted by atomic mass is 10.3. The van der Waals surface area contributed by atoms with E-state index in [2.05, 4.69) is 24.5 Å². The van der Waals surface area contributed by atoms with Gasteiger partial charge in [0.05, 0.1) is 5.76 Å². The Kier molecular flexibility index (Phi) is 5.22. The van der Waals surface area contributed by atoms with Crippen LogP contribution in [0.5, 0.6) is 0 Å². The molecule has 0 saturated heterocycles. The Morgan fingerprint density at radius 1 is 1.54 bits per heavy atom. The number of carbonyl (C=O) groups is 2. The lowest BCUT2D eigenvalue weighted by Crippen LogP contribution is -2.41. The Balaban J connectivity index is 4.15. The van der Waals surface area contributed by atoms with Crippen molar-refractivity contribution in [3.8, 4) is 0 Å². The van der Waals surface area contributed by atoms with E-state index in [0.717, 1.165) is 0 Å². The number of allylic oxidation sites excluding steroid dienone is 1. The highest BCUT2D eigenvalue weighted by atomic mass is 32.1. The summed E-state index contributed by atoms with van der Waals surface area (Å²) in [5.41, 5.74) is 0. The third-order valence-electron chi connectivity index (χ3n) is 1.12. The van der Waals surface area contributed by atoms with Crippen molar-refractivity contribution in [3.05, 3.63) is 12.3 Å². The zero-order valence-corrected chi connectivity index (χ0v) is 8.56. The van der Waals surface area contributed by atoms with Gasteiger partial charge in [-0.2, -0.15) is 12.6 Å². The molecule has 13 heavy (non-hydrogen) atoms. The van der Waals surface area contributed by atoms with Crippen LogP contribution in [0.15, 0.2) is 12.3 Å². The van der Waals surface area contributed by atoms with Crippen molar-refractivity contribution in [2.45, 2.75) is 19.9 Å². The molecule has 0 bridgehead atoms. The molecule has 4 nitrogen and oxygen atoms in total. The van der Waals surface area contributed by atoms with Crippen LogP contribution in [-0.4, -0.2) is 23.7 Å². The third-order valence-corrected chi connectivity index (χ3v) is 1.48. The molecule has 1 amide bonds. The number of hydrogen-bond donors (Lipinski definition) is 2. The van der Waals surface area contributed by atoms with Crippen LogP contribution in [0.2, 0.25) is 0 Å². The minimum Gasteiger partial charge on any atom is -0.430 e. The molecule has 0 unspecified atom stereocenters. The van der Waals surface area contributed by atoms with E-state index in [1.165, 1.54) is 6.92 Å². The van der Waals surface area contributed by atoms with Crippen molar-refractivity contribution in [3.63, 3.8) is 0 Å². The van der Waals surface area contributed by atoms with Gasteiger partial charge < -0.3 is 10.1 Å². The minimum absolute atomic E-state index is 0.200. The number of rotatable bonds is 4. The van der Waals surface area contributed by atoms with Gasteiger partial charge in [-0.15, -0.1) is 0 Å². The molecule has 74 valence electrons. The lowest BCUT2D eigenvalue weighted by Gasteiger charge is -2.13. The molecule has 0 aromatic carbocycles. The van der Waals surface area contributed by atoms with Crippen molar-refractivity contribution >= 4 is 24.5 Å². The van der Waals surface area contributed by atoms with Crippen LogP contribution in [0.3, 0.4) is 0 Å². The maximum atomic E-state index is 11.2. The van der Waals surface area contributed by atoms with Crippen molar-refractivity contribution in [1.29, 1.82) is 0 Å². The normalized spacial score (nSPS) is 11.6. The van der Waals surface area contributed by atoms with Crippen LogP contribution in [0.1, 0.15) is 13.8 Å². The van der Waals surface area contributed by atoms with E-state index in [9.17, 15) is 9.59 Å². The smallest absolute Gasteiger partial charge is 0.334 e. The largest absolute Gasteiger partial charge is 0.430 e. The Labute approximate surface area is 82.7 Å². The fourth-order valence-electron chi connectivity index (χ4n) is 0.667. The highest BCUT2D eigenvalue weighted by molar-refractivity contribution is 7.80. The summed E-state index contributed by atoms with van der Waals surface area (Å²) < 4.78 is 4.71. The molecule has 0 fully saturated rings. The average Bonchev–Trinajstić information content (AvgIpc) is 1.98. The zero-order valence-electron chi connectivity index (χ0n) is 7.66. The molecule has 1 atom stereocenters. The molecule has 0 aliphatic heterocycles. The number of hydrogen-bond acceptors (Lipinski definition) is 4. The summed E-state index contributed by atoms with van der Waals surface area (Å²) in [6.07, 6.45) is 0. The Hall–Kier alpha value is -0.970. The van der Waals surface area contributed by atoms with E-state index in [-0.39, 0.29) is 11.7 Å². The zero-order chi connectivity index (χ0) is 10.4. The van der Waals surface area contributed by atoms with Gasteiger partial charge in [-0.25, -0.2) is 4.79 Å². The molecule has 0 aromatic rings. The van der Waals surface area contributed by atoms with E-state index in [1.54, 1.807) is 6.92 Å². The quantitative estimate of drug-likeness (QED) is 0.397. The SMILES string of the molecule is C=C(C)OC(=O)[C@H](CS)NC(C)=O. The average molecular weight is 203 g/mol. The Morgan fingerprint density at radius 2 is 2.08 bits per heavy atom. The van der Waals surface area contributed by atoms with E-state index < -0.39 is 12.0 Å². The molecule has 0 rings (SSSR count). The predicted octanol–water partition coefficient (Wildman–Crippen LogP) is 0.498. The van der Waals surface area contributed by atoms with Crippen LogP contribution in [0, 0.1) is 0 Å². The summed E-state index contributed by atoms with van der Waals surface area (Å²) in [6.45, 7) is 6.29. The summed E-state index contributed by atoms with van der Waals surface area (Å²) >= 11 is 3.91. The highest BCUT2D eigenvalue weighted by Crippen LogP contribution is 1.98. The van der Waals surface area contributed by atoms with Gasteiger partial charge in [0.25, 0.3) is 0 Å². The van der Waals surface area contributed by atoms with Crippen molar-refractivity contribution in [2.75, 3.05) is 5.75 Å². The van der Waals surface area contributed by atoms with Gasteiger partial charge >= 0.3 is 5.97 Å². The number of thiol groups is 1. The lowest BCUT2D eigenvalue weighted by molar-refractivity contribution is -0.142. The van der Waals surface area contributed by atoms with Crippen LogP contribution in [-0.2, 0) is 14.3 Å². The number of ether oxygens (including phenoxy) is 1. The van der Waals surface area contributed by atoms with Crippen LogP contribution in [0.25, 0.3) is 0 Å². The summed E-state index contributed by atoms with van der Waals surface area (Å²) in [7, 11) is 0. The molecule has 5 heteroatoms. The molecule has 0 aliphatic rings. The van der Waals surface area contributed by atoms with E-state index in [0.29, 0.717) is 5.76 Å². The predicted molar refractivity (Wildman–Crippen MR) is 52.4 cm³/mol. The number of carbonyl (C=O) groups excluding carboxylic acids is 2. The van der Waals surface area contributed by atoms with Crippen molar-refractivity contribution in [2.24, 2.45) is 0 Å². The van der Waals surface area contributed by atoms with Gasteiger partial charge in [0.2, 0.25) is 5.91 Å². The summed E-state index contributed by atoms with van der Waals surface area (Å²) in [5, 5.41) is 2.40. The number of nitrogens with one attached hydrogen (secondary N) is 1. The van der Waals surface area contributed by atoms with Crippen molar-refractivity contribution in [1.82, 2.24) is 5.32 Å². The fraction of sp³-hybridized carbons (Fsp3) is 0.500. The second-order valence-electron chi connectivity index (χ2n) is 2.56. The maximum Gasteiger partial charge on any atom is 0.334 e. The van der Waals surface area contributed by atoms with Gasteiger partial charge in [-0.05, 0) is 6.92 Å². The second kappa shape index (κ2) is 5.64.